The molecule has 0 N–H and O–H groups in total. The molecule has 1 aliphatic heterocycles. The van der Waals surface area contributed by atoms with Gasteiger partial charge in [0.05, 0.1) is 30.2 Å². The van der Waals surface area contributed by atoms with Crippen LogP contribution in [-0.4, -0.2) is 19.1 Å². The van der Waals surface area contributed by atoms with Gasteiger partial charge >= 0.3 is 0 Å². The van der Waals surface area contributed by atoms with Gasteiger partial charge in [0, 0.05) is 5.69 Å². The summed E-state index contributed by atoms with van der Waals surface area (Å²) in [6.45, 7) is 7.22. The zero-order chi connectivity index (χ0) is 25.9. The van der Waals surface area contributed by atoms with E-state index in [1.54, 1.807) is 11.0 Å². The van der Waals surface area contributed by atoms with Gasteiger partial charge in [0.1, 0.15) is 17.1 Å². The topological polar surface area (TPSA) is 69.0 Å². The van der Waals surface area contributed by atoms with Gasteiger partial charge < -0.3 is 13.9 Å². The molecule has 0 fully saturated rings. The van der Waals surface area contributed by atoms with E-state index in [9.17, 15) is 9.59 Å². The minimum Gasteiger partial charge on any atom is -0.494 e. The molecule has 0 radical (unpaired) electrons. The van der Waals surface area contributed by atoms with Gasteiger partial charge in [-0.15, -0.1) is 0 Å². The quantitative estimate of drug-likeness (QED) is 0.237. The van der Waals surface area contributed by atoms with Crippen LogP contribution in [-0.2, 0) is 0 Å². The number of hydrogen-bond acceptors (Lipinski definition) is 5. The largest absolute Gasteiger partial charge is 0.494 e. The van der Waals surface area contributed by atoms with E-state index in [2.05, 4.69) is 6.92 Å². The van der Waals surface area contributed by atoms with Gasteiger partial charge in [-0.1, -0.05) is 43.5 Å². The Morgan fingerprint density at radius 3 is 2.27 bits per heavy atom. The summed E-state index contributed by atoms with van der Waals surface area (Å²) in [5.41, 5.74) is 2.99. The van der Waals surface area contributed by atoms with E-state index >= 15 is 0 Å². The second-order valence-corrected chi connectivity index (χ2v) is 9.30. The Morgan fingerprint density at radius 1 is 0.865 bits per heavy atom. The maximum atomic E-state index is 13.8. The van der Waals surface area contributed by atoms with Crippen LogP contribution in [0.2, 0.25) is 0 Å². The van der Waals surface area contributed by atoms with E-state index in [0.29, 0.717) is 41.2 Å². The first kappa shape index (κ1) is 24.6. The molecule has 5 rings (SSSR count). The molecule has 1 unspecified atom stereocenters. The van der Waals surface area contributed by atoms with Crippen LogP contribution < -0.4 is 19.8 Å². The number of hydrogen-bond donors (Lipinski definition) is 0. The molecule has 6 heteroatoms. The van der Waals surface area contributed by atoms with Crippen molar-refractivity contribution >= 4 is 22.6 Å². The van der Waals surface area contributed by atoms with Gasteiger partial charge in [-0.2, -0.15) is 0 Å². The lowest BCUT2D eigenvalue weighted by Crippen LogP contribution is -2.29. The fourth-order valence-corrected chi connectivity index (χ4v) is 4.83. The van der Waals surface area contributed by atoms with Crippen LogP contribution in [0.4, 0.5) is 5.69 Å². The third-order valence-electron chi connectivity index (χ3n) is 6.66. The maximum absolute atomic E-state index is 13.8. The summed E-state index contributed by atoms with van der Waals surface area (Å²) >= 11 is 0. The minimum absolute atomic E-state index is 0.0835. The van der Waals surface area contributed by atoms with E-state index in [-0.39, 0.29) is 17.1 Å². The van der Waals surface area contributed by atoms with Crippen molar-refractivity contribution in [1.29, 1.82) is 0 Å². The molecule has 0 saturated heterocycles. The van der Waals surface area contributed by atoms with Gasteiger partial charge in [-0.3, -0.25) is 14.5 Å². The monoisotopic (exact) mass is 497 g/mol. The van der Waals surface area contributed by atoms with Gasteiger partial charge in [0.15, 0.2) is 5.43 Å². The molecule has 0 saturated carbocycles. The summed E-state index contributed by atoms with van der Waals surface area (Å²) in [6, 6.07) is 19.8. The second-order valence-electron chi connectivity index (χ2n) is 9.30. The number of carbonyl (C=O) groups is 1. The molecule has 1 aromatic heterocycles. The maximum Gasteiger partial charge on any atom is 0.295 e. The highest BCUT2D eigenvalue weighted by Crippen LogP contribution is 2.42. The smallest absolute Gasteiger partial charge is 0.295 e. The van der Waals surface area contributed by atoms with Crippen molar-refractivity contribution in [1.82, 2.24) is 0 Å². The van der Waals surface area contributed by atoms with Crippen LogP contribution in [0, 0.1) is 6.92 Å². The number of aryl methyl sites for hydroxylation is 1. The standard InChI is InChI=1S/C31H31NO5/c1-4-6-7-18-36-24-13-9-21(10-14-24)28-27-29(33)25-19-20(3)8-17-26(25)37-30(27)31(34)32(28)22-11-15-23(16-12-22)35-5-2/h8-17,19,28H,4-7,18H2,1-3H3. The van der Waals surface area contributed by atoms with Crippen molar-refractivity contribution in [3.05, 3.63) is 99.4 Å². The highest BCUT2D eigenvalue weighted by Gasteiger charge is 2.43. The molecule has 190 valence electrons. The molecular weight excluding hydrogens is 466 g/mol. The predicted octanol–water partition coefficient (Wildman–Crippen LogP) is 6.82. The number of ether oxygens (including phenoxy) is 2. The van der Waals surface area contributed by atoms with Gasteiger partial charge in [-0.05, 0) is 74.4 Å². The molecule has 1 aliphatic rings. The molecular formula is C31H31NO5. The lowest BCUT2D eigenvalue weighted by atomic mass is 9.97. The van der Waals surface area contributed by atoms with Crippen molar-refractivity contribution in [3.8, 4) is 11.5 Å². The van der Waals surface area contributed by atoms with Crippen LogP contribution in [0.5, 0.6) is 11.5 Å². The molecule has 0 bridgehead atoms. The summed E-state index contributed by atoms with van der Waals surface area (Å²) in [4.78, 5) is 29.2. The van der Waals surface area contributed by atoms with Crippen molar-refractivity contribution in [2.24, 2.45) is 0 Å². The molecule has 1 atom stereocenters. The average molecular weight is 498 g/mol. The number of carbonyl (C=O) groups excluding carboxylic acids is 1. The number of amides is 1. The number of anilines is 1. The molecule has 4 aromatic rings. The summed E-state index contributed by atoms with van der Waals surface area (Å²) in [5.74, 6) is 1.22. The minimum atomic E-state index is -0.629. The van der Waals surface area contributed by atoms with Crippen molar-refractivity contribution < 1.29 is 18.7 Å². The molecule has 37 heavy (non-hydrogen) atoms. The third-order valence-corrected chi connectivity index (χ3v) is 6.66. The number of nitrogens with zero attached hydrogens (tertiary/aromatic N) is 1. The predicted molar refractivity (Wildman–Crippen MR) is 145 cm³/mol. The second kappa shape index (κ2) is 10.5. The SMILES string of the molecule is CCCCCOc1ccc(C2c3c(oc4ccc(C)cc4c3=O)C(=O)N2c2ccc(OCC)cc2)cc1. The summed E-state index contributed by atoms with van der Waals surface area (Å²) < 4.78 is 17.5. The van der Waals surface area contributed by atoms with Gasteiger partial charge in [0.2, 0.25) is 5.76 Å². The molecule has 2 heterocycles. The summed E-state index contributed by atoms with van der Waals surface area (Å²) in [6.07, 6.45) is 3.26. The number of benzene rings is 3. The fraction of sp³-hybridized carbons (Fsp3) is 0.290. The van der Waals surface area contributed by atoms with Crippen molar-refractivity contribution in [2.45, 2.75) is 46.1 Å². The Balaban J connectivity index is 1.60. The zero-order valence-corrected chi connectivity index (χ0v) is 21.5. The van der Waals surface area contributed by atoms with E-state index in [1.165, 1.54) is 0 Å². The first-order valence-corrected chi connectivity index (χ1v) is 12.9. The Labute approximate surface area is 216 Å². The van der Waals surface area contributed by atoms with Crippen LogP contribution >= 0.6 is 0 Å². The first-order valence-electron chi connectivity index (χ1n) is 12.9. The lowest BCUT2D eigenvalue weighted by molar-refractivity contribution is 0.0971. The van der Waals surface area contributed by atoms with Crippen molar-refractivity contribution in [3.63, 3.8) is 0 Å². The van der Waals surface area contributed by atoms with Crippen LogP contribution in [0.3, 0.4) is 0 Å². The van der Waals surface area contributed by atoms with Crippen LogP contribution in [0.1, 0.15) is 66.4 Å². The highest BCUT2D eigenvalue weighted by atomic mass is 16.5. The first-order chi connectivity index (χ1) is 18.0. The van der Waals surface area contributed by atoms with E-state index in [4.69, 9.17) is 13.9 Å². The fourth-order valence-electron chi connectivity index (χ4n) is 4.83. The average Bonchev–Trinajstić information content (AvgIpc) is 3.20. The molecule has 1 amide bonds. The Kier molecular flexibility index (Phi) is 6.99. The number of rotatable bonds is 9. The van der Waals surface area contributed by atoms with E-state index in [1.807, 2.05) is 74.5 Å². The lowest BCUT2D eigenvalue weighted by Gasteiger charge is -2.25. The Hall–Kier alpha value is -4.06. The molecule has 3 aromatic carbocycles. The Bertz CT molecular complexity index is 1470. The van der Waals surface area contributed by atoms with Gasteiger partial charge in [0.25, 0.3) is 5.91 Å². The molecule has 6 nitrogen and oxygen atoms in total. The van der Waals surface area contributed by atoms with Crippen LogP contribution in [0.25, 0.3) is 11.0 Å². The van der Waals surface area contributed by atoms with Gasteiger partial charge in [-0.25, -0.2) is 0 Å². The number of fused-ring (bicyclic) bond motifs is 2. The highest BCUT2D eigenvalue weighted by molar-refractivity contribution is 6.10. The molecule has 0 aliphatic carbocycles. The third kappa shape index (κ3) is 4.71. The zero-order valence-electron chi connectivity index (χ0n) is 21.5. The van der Waals surface area contributed by atoms with Crippen molar-refractivity contribution in [2.75, 3.05) is 18.1 Å². The normalized spacial score (nSPS) is 14.7. The van der Waals surface area contributed by atoms with E-state index in [0.717, 1.165) is 36.1 Å². The number of unbranched alkanes of at least 4 members (excludes halogenated alkanes) is 2. The van der Waals surface area contributed by atoms with Crippen LogP contribution in [0.15, 0.2) is 75.9 Å². The summed E-state index contributed by atoms with van der Waals surface area (Å²) in [5, 5.41) is 0.473. The molecule has 0 spiro atoms. The van der Waals surface area contributed by atoms with E-state index < -0.39 is 6.04 Å². The summed E-state index contributed by atoms with van der Waals surface area (Å²) in [7, 11) is 0. The Morgan fingerprint density at radius 2 is 1.57 bits per heavy atom.